The Morgan fingerprint density at radius 1 is 1.05 bits per heavy atom. The molecule has 112 valence electrons. The normalized spacial score (nSPS) is 12.1. The zero-order chi connectivity index (χ0) is 15.6. The predicted octanol–water partition coefficient (Wildman–Crippen LogP) is 5.59. The predicted molar refractivity (Wildman–Crippen MR) is 86.4 cm³/mol. The van der Waals surface area contributed by atoms with E-state index in [-0.39, 0.29) is 0 Å². The molecule has 0 saturated carbocycles. The first-order valence-corrected chi connectivity index (χ1v) is 7.58. The molecule has 6 heteroatoms. The van der Waals surface area contributed by atoms with Crippen LogP contribution in [-0.4, -0.2) is 14.2 Å². The van der Waals surface area contributed by atoms with E-state index in [2.05, 4.69) is 15.9 Å². The summed E-state index contributed by atoms with van der Waals surface area (Å²) in [7, 11) is 2.93. The fraction of sp³-hybridized carbons (Fsp3) is 0.200. The van der Waals surface area contributed by atoms with Gasteiger partial charge in [0.1, 0.15) is 5.82 Å². The number of benzene rings is 2. The first kappa shape index (κ1) is 16.4. The van der Waals surface area contributed by atoms with Gasteiger partial charge in [0.2, 0.25) is 0 Å². The third-order valence-electron chi connectivity index (χ3n) is 2.95. The number of methoxy groups -OCH3 is 2. The third kappa shape index (κ3) is 3.62. The van der Waals surface area contributed by atoms with Gasteiger partial charge >= 0.3 is 0 Å². The molecule has 0 N–H and O–H groups in total. The third-order valence-corrected chi connectivity index (χ3v) is 4.12. The standard InChI is InChI=1S/C15H12BrCl2FO2/c1-20-13-6-11(12(19)7-14(13)21-2)15(18)8-3-9(16)5-10(17)4-8/h3-7,15H,1-2H3. The van der Waals surface area contributed by atoms with Crippen LogP contribution in [0, 0.1) is 5.82 Å². The van der Waals surface area contributed by atoms with Crippen molar-refractivity contribution < 1.29 is 13.9 Å². The van der Waals surface area contributed by atoms with Crippen molar-refractivity contribution in [3.05, 3.63) is 56.8 Å². The molecular formula is C15H12BrCl2FO2. The fourth-order valence-electron chi connectivity index (χ4n) is 1.97. The van der Waals surface area contributed by atoms with Gasteiger partial charge in [0, 0.05) is 21.1 Å². The van der Waals surface area contributed by atoms with Gasteiger partial charge < -0.3 is 9.47 Å². The zero-order valence-corrected chi connectivity index (χ0v) is 14.4. The summed E-state index contributed by atoms with van der Waals surface area (Å²) in [6.07, 6.45) is 0. The highest BCUT2D eigenvalue weighted by atomic mass is 79.9. The lowest BCUT2D eigenvalue weighted by Crippen LogP contribution is -2.00. The van der Waals surface area contributed by atoms with Crippen LogP contribution < -0.4 is 9.47 Å². The molecule has 0 bridgehead atoms. The van der Waals surface area contributed by atoms with Crippen LogP contribution in [0.5, 0.6) is 11.5 Å². The molecule has 21 heavy (non-hydrogen) atoms. The SMILES string of the molecule is COc1cc(F)c(C(Cl)c2cc(Cl)cc(Br)c2)cc1OC. The Labute approximate surface area is 140 Å². The molecular weight excluding hydrogens is 382 g/mol. The maximum atomic E-state index is 14.2. The van der Waals surface area contributed by atoms with E-state index >= 15 is 0 Å². The molecule has 1 atom stereocenters. The maximum Gasteiger partial charge on any atom is 0.163 e. The summed E-state index contributed by atoms with van der Waals surface area (Å²) in [6.45, 7) is 0. The van der Waals surface area contributed by atoms with Crippen molar-refractivity contribution in [2.24, 2.45) is 0 Å². The Balaban J connectivity index is 2.49. The van der Waals surface area contributed by atoms with Gasteiger partial charge in [0.15, 0.2) is 11.5 Å². The fourth-order valence-corrected chi connectivity index (χ4v) is 3.14. The van der Waals surface area contributed by atoms with Crippen molar-refractivity contribution >= 4 is 39.1 Å². The van der Waals surface area contributed by atoms with Crippen LogP contribution in [0.4, 0.5) is 4.39 Å². The minimum Gasteiger partial charge on any atom is -0.493 e. The van der Waals surface area contributed by atoms with E-state index in [1.807, 2.05) is 0 Å². The highest BCUT2D eigenvalue weighted by Crippen LogP contribution is 2.38. The van der Waals surface area contributed by atoms with Crippen molar-refractivity contribution in [1.82, 2.24) is 0 Å². The van der Waals surface area contributed by atoms with E-state index < -0.39 is 11.2 Å². The van der Waals surface area contributed by atoms with Crippen molar-refractivity contribution in [1.29, 1.82) is 0 Å². The molecule has 2 rings (SSSR count). The lowest BCUT2D eigenvalue weighted by molar-refractivity contribution is 0.351. The molecule has 0 aliphatic carbocycles. The van der Waals surface area contributed by atoms with Crippen LogP contribution in [-0.2, 0) is 0 Å². The van der Waals surface area contributed by atoms with Crippen molar-refractivity contribution in [2.45, 2.75) is 5.38 Å². The van der Waals surface area contributed by atoms with Gasteiger partial charge in [-0.15, -0.1) is 11.6 Å². The molecule has 0 spiro atoms. The Morgan fingerprint density at radius 2 is 1.67 bits per heavy atom. The molecule has 0 amide bonds. The lowest BCUT2D eigenvalue weighted by atomic mass is 10.0. The Hall–Kier alpha value is -0.970. The molecule has 0 saturated heterocycles. The summed E-state index contributed by atoms with van der Waals surface area (Å²) in [4.78, 5) is 0. The van der Waals surface area contributed by atoms with Crippen molar-refractivity contribution in [2.75, 3.05) is 14.2 Å². The number of halogens is 4. The van der Waals surface area contributed by atoms with Gasteiger partial charge in [-0.1, -0.05) is 27.5 Å². The van der Waals surface area contributed by atoms with Gasteiger partial charge in [-0.3, -0.25) is 0 Å². The summed E-state index contributed by atoms with van der Waals surface area (Å²) >= 11 is 15.7. The molecule has 0 aliphatic rings. The molecule has 2 aromatic rings. The molecule has 0 fully saturated rings. The summed E-state index contributed by atoms with van der Waals surface area (Å²) in [5, 5.41) is -0.175. The van der Waals surface area contributed by atoms with Crippen LogP contribution in [0.25, 0.3) is 0 Å². The molecule has 0 heterocycles. The number of hydrogen-bond acceptors (Lipinski definition) is 2. The molecule has 2 aromatic carbocycles. The summed E-state index contributed by atoms with van der Waals surface area (Å²) < 4.78 is 25.2. The highest BCUT2D eigenvalue weighted by molar-refractivity contribution is 9.10. The van der Waals surface area contributed by atoms with Gasteiger partial charge in [0.25, 0.3) is 0 Å². The van der Waals surface area contributed by atoms with Gasteiger partial charge in [-0.2, -0.15) is 0 Å². The number of hydrogen-bond donors (Lipinski definition) is 0. The second-order valence-corrected chi connectivity index (χ2v) is 6.08. The molecule has 0 aromatic heterocycles. The smallest absolute Gasteiger partial charge is 0.163 e. The minimum absolute atomic E-state index is 0.295. The first-order valence-electron chi connectivity index (χ1n) is 5.97. The molecule has 0 radical (unpaired) electrons. The quantitative estimate of drug-likeness (QED) is 0.630. The number of ether oxygens (including phenoxy) is 2. The monoisotopic (exact) mass is 392 g/mol. The van der Waals surface area contributed by atoms with E-state index in [0.29, 0.717) is 27.6 Å². The van der Waals surface area contributed by atoms with Crippen LogP contribution in [0.3, 0.4) is 0 Å². The number of rotatable bonds is 4. The van der Waals surface area contributed by atoms with Gasteiger partial charge in [-0.05, 0) is 29.8 Å². The summed E-state index contributed by atoms with van der Waals surface area (Å²) in [6, 6.07) is 8.00. The Morgan fingerprint density at radius 3 is 2.24 bits per heavy atom. The van der Waals surface area contributed by atoms with Crippen molar-refractivity contribution in [3.63, 3.8) is 0 Å². The molecule has 0 aliphatic heterocycles. The Bertz CT molecular complexity index is 644. The van der Waals surface area contributed by atoms with Crippen LogP contribution in [0.1, 0.15) is 16.5 Å². The minimum atomic E-state index is -0.695. The van der Waals surface area contributed by atoms with E-state index in [0.717, 1.165) is 4.47 Å². The highest BCUT2D eigenvalue weighted by Gasteiger charge is 2.20. The maximum absolute atomic E-state index is 14.2. The van der Waals surface area contributed by atoms with Crippen LogP contribution >= 0.6 is 39.1 Å². The number of alkyl halides is 1. The largest absolute Gasteiger partial charge is 0.493 e. The van der Waals surface area contributed by atoms with E-state index in [1.54, 1.807) is 18.2 Å². The average molecular weight is 394 g/mol. The second kappa shape index (κ2) is 6.86. The molecule has 1 unspecified atom stereocenters. The van der Waals surface area contributed by atoms with Crippen LogP contribution in [0.15, 0.2) is 34.8 Å². The lowest BCUT2D eigenvalue weighted by Gasteiger charge is -2.15. The van der Waals surface area contributed by atoms with Crippen LogP contribution in [0.2, 0.25) is 5.02 Å². The Kier molecular flexibility index (Phi) is 5.36. The summed E-state index contributed by atoms with van der Waals surface area (Å²) in [5.74, 6) is 0.263. The summed E-state index contributed by atoms with van der Waals surface area (Å²) in [5.41, 5.74) is 0.977. The molecule has 2 nitrogen and oxygen atoms in total. The first-order chi connectivity index (χ1) is 9.96. The van der Waals surface area contributed by atoms with Crippen molar-refractivity contribution in [3.8, 4) is 11.5 Å². The zero-order valence-electron chi connectivity index (χ0n) is 11.3. The van der Waals surface area contributed by atoms with Gasteiger partial charge in [0.05, 0.1) is 19.6 Å². The van der Waals surface area contributed by atoms with E-state index in [1.165, 1.54) is 26.4 Å². The topological polar surface area (TPSA) is 18.5 Å². The van der Waals surface area contributed by atoms with E-state index in [9.17, 15) is 4.39 Å². The average Bonchev–Trinajstić information content (AvgIpc) is 2.45. The second-order valence-electron chi connectivity index (χ2n) is 4.29. The van der Waals surface area contributed by atoms with Gasteiger partial charge in [-0.25, -0.2) is 4.39 Å². The van der Waals surface area contributed by atoms with E-state index in [4.69, 9.17) is 32.7 Å².